The molecule has 0 aliphatic carbocycles. The van der Waals surface area contributed by atoms with E-state index >= 15 is 0 Å². The lowest BCUT2D eigenvalue weighted by Crippen LogP contribution is -2.36. The molecule has 0 spiro atoms. The van der Waals surface area contributed by atoms with Crippen molar-refractivity contribution in [2.75, 3.05) is 31.2 Å². The summed E-state index contributed by atoms with van der Waals surface area (Å²) in [6.07, 6.45) is 0. The summed E-state index contributed by atoms with van der Waals surface area (Å²) in [7, 11) is 0. The van der Waals surface area contributed by atoms with Crippen LogP contribution in [0, 0.1) is 0 Å². The lowest BCUT2D eigenvalue weighted by molar-refractivity contribution is 0.122. The van der Waals surface area contributed by atoms with E-state index in [-0.39, 0.29) is 5.69 Å². The van der Waals surface area contributed by atoms with E-state index in [0.29, 0.717) is 5.69 Å². The molecule has 2 heterocycles. The third-order valence-corrected chi connectivity index (χ3v) is 5.33. The molecule has 29 heavy (non-hydrogen) atoms. The summed E-state index contributed by atoms with van der Waals surface area (Å²) >= 11 is 0. The zero-order valence-electron chi connectivity index (χ0n) is 16.0. The van der Waals surface area contributed by atoms with E-state index in [1.807, 2.05) is 42.5 Å². The van der Waals surface area contributed by atoms with E-state index in [1.165, 1.54) is 5.69 Å². The fourth-order valence-corrected chi connectivity index (χ4v) is 3.85. The maximum Gasteiger partial charge on any atom is 0.345 e. The molecule has 144 valence electrons. The highest BCUT2D eigenvalue weighted by atomic mass is 16.5. The number of anilines is 1. The second kappa shape index (κ2) is 7.53. The number of ether oxygens (including phenoxy) is 1. The van der Waals surface area contributed by atoms with Gasteiger partial charge >= 0.3 is 5.69 Å². The van der Waals surface area contributed by atoms with Crippen LogP contribution in [0.5, 0.6) is 0 Å². The lowest BCUT2D eigenvalue weighted by Gasteiger charge is -2.29. The molecule has 0 bridgehead atoms. The molecule has 0 amide bonds. The molecule has 1 aliphatic heterocycles. The van der Waals surface area contributed by atoms with Gasteiger partial charge in [0.1, 0.15) is 0 Å². The van der Waals surface area contributed by atoms with Crippen LogP contribution in [-0.4, -0.2) is 36.3 Å². The number of rotatable bonds is 3. The maximum atomic E-state index is 12.1. The van der Waals surface area contributed by atoms with Crippen LogP contribution in [0.2, 0.25) is 0 Å². The van der Waals surface area contributed by atoms with Crippen molar-refractivity contribution < 1.29 is 4.74 Å². The van der Waals surface area contributed by atoms with E-state index in [2.05, 4.69) is 45.2 Å². The van der Waals surface area contributed by atoms with Gasteiger partial charge in [0.15, 0.2) is 0 Å². The summed E-state index contributed by atoms with van der Waals surface area (Å²) in [6, 6.07) is 24.5. The number of nitrogens with zero attached hydrogens (tertiary/aromatic N) is 2. The van der Waals surface area contributed by atoms with Crippen LogP contribution in [0.15, 0.2) is 77.6 Å². The molecule has 5 nitrogen and oxygen atoms in total. The standard InChI is InChI=1S/C24H21N3O2/c28-24-25-22-10-9-19(16-21(22)23(26-24)17-5-2-1-3-6-17)18-7-4-8-20(15-18)27-11-13-29-14-12-27/h1-10,15-16H,11-14H2,(H,25,26,28). The van der Waals surface area contributed by atoms with Crippen molar-refractivity contribution in [2.24, 2.45) is 0 Å². The molecule has 0 unspecified atom stereocenters. The highest BCUT2D eigenvalue weighted by Gasteiger charge is 2.13. The minimum Gasteiger partial charge on any atom is -0.378 e. The molecule has 0 radical (unpaired) electrons. The van der Waals surface area contributed by atoms with Gasteiger partial charge < -0.3 is 14.6 Å². The molecule has 5 heteroatoms. The molecule has 5 rings (SSSR count). The number of morpholine rings is 1. The first-order chi connectivity index (χ1) is 14.3. The van der Waals surface area contributed by atoms with Crippen molar-refractivity contribution in [3.63, 3.8) is 0 Å². The molecule has 0 atom stereocenters. The molecule has 4 aromatic rings. The molecule has 1 N–H and O–H groups in total. The minimum absolute atomic E-state index is 0.335. The maximum absolute atomic E-state index is 12.1. The van der Waals surface area contributed by atoms with Gasteiger partial charge in [0.2, 0.25) is 0 Å². The highest BCUT2D eigenvalue weighted by Crippen LogP contribution is 2.31. The third kappa shape index (κ3) is 3.52. The van der Waals surface area contributed by atoms with Crippen LogP contribution in [-0.2, 0) is 4.74 Å². The summed E-state index contributed by atoms with van der Waals surface area (Å²) in [5.74, 6) is 0. The molecule has 1 aromatic heterocycles. The molecule has 1 fully saturated rings. The Hall–Kier alpha value is -3.44. The van der Waals surface area contributed by atoms with Crippen molar-refractivity contribution >= 4 is 16.6 Å². The Bertz CT molecular complexity index is 1210. The number of nitrogens with one attached hydrogen (secondary N) is 1. The average molecular weight is 383 g/mol. The van der Waals surface area contributed by atoms with Crippen molar-refractivity contribution in [3.8, 4) is 22.4 Å². The average Bonchev–Trinajstić information content (AvgIpc) is 2.79. The minimum atomic E-state index is -0.335. The van der Waals surface area contributed by atoms with Crippen LogP contribution in [0.1, 0.15) is 0 Å². The van der Waals surface area contributed by atoms with Crippen LogP contribution < -0.4 is 10.6 Å². The first-order valence-corrected chi connectivity index (χ1v) is 9.80. The normalized spacial score (nSPS) is 14.3. The fourth-order valence-electron chi connectivity index (χ4n) is 3.85. The predicted molar refractivity (Wildman–Crippen MR) is 116 cm³/mol. The van der Waals surface area contributed by atoms with Gasteiger partial charge in [0.05, 0.1) is 24.4 Å². The number of benzene rings is 3. The summed E-state index contributed by atoms with van der Waals surface area (Å²) in [5, 5.41) is 0.935. The Kier molecular flexibility index (Phi) is 4.58. The van der Waals surface area contributed by atoms with Gasteiger partial charge in [-0.15, -0.1) is 0 Å². The second-order valence-electron chi connectivity index (χ2n) is 7.17. The van der Waals surface area contributed by atoms with Crippen molar-refractivity contribution in [1.29, 1.82) is 0 Å². The number of aromatic nitrogens is 2. The Morgan fingerprint density at radius 2 is 1.59 bits per heavy atom. The Balaban J connectivity index is 1.62. The number of hydrogen-bond donors (Lipinski definition) is 1. The quantitative estimate of drug-likeness (QED) is 0.579. The van der Waals surface area contributed by atoms with Crippen molar-refractivity contribution in [1.82, 2.24) is 9.97 Å². The lowest BCUT2D eigenvalue weighted by atomic mass is 10.00. The van der Waals surface area contributed by atoms with Crippen LogP contribution >= 0.6 is 0 Å². The van der Waals surface area contributed by atoms with Gasteiger partial charge in [0.25, 0.3) is 0 Å². The zero-order valence-corrected chi connectivity index (χ0v) is 16.0. The Morgan fingerprint density at radius 3 is 2.41 bits per heavy atom. The van der Waals surface area contributed by atoms with E-state index < -0.39 is 0 Å². The predicted octanol–water partition coefficient (Wildman–Crippen LogP) is 4.09. The Morgan fingerprint density at radius 1 is 0.828 bits per heavy atom. The number of H-pyrrole nitrogens is 1. The van der Waals surface area contributed by atoms with Crippen LogP contribution in [0.3, 0.4) is 0 Å². The molecular weight excluding hydrogens is 362 g/mol. The first-order valence-electron chi connectivity index (χ1n) is 9.80. The number of aromatic amines is 1. The molecule has 0 saturated carbocycles. The molecule has 1 saturated heterocycles. The van der Waals surface area contributed by atoms with Gasteiger partial charge in [-0.3, -0.25) is 0 Å². The van der Waals surface area contributed by atoms with E-state index in [4.69, 9.17) is 4.74 Å². The Labute approximate surface area is 168 Å². The van der Waals surface area contributed by atoms with Crippen LogP contribution in [0.25, 0.3) is 33.3 Å². The van der Waals surface area contributed by atoms with Gasteiger partial charge in [-0.25, -0.2) is 4.79 Å². The summed E-state index contributed by atoms with van der Waals surface area (Å²) in [4.78, 5) is 21.5. The first kappa shape index (κ1) is 17.6. The van der Waals surface area contributed by atoms with E-state index in [9.17, 15) is 4.79 Å². The van der Waals surface area contributed by atoms with Crippen molar-refractivity contribution in [2.45, 2.75) is 0 Å². The van der Waals surface area contributed by atoms with E-state index in [1.54, 1.807) is 0 Å². The van der Waals surface area contributed by atoms with Crippen LogP contribution in [0.4, 0.5) is 5.69 Å². The fraction of sp³-hybridized carbons (Fsp3) is 0.167. The van der Waals surface area contributed by atoms with E-state index in [0.717, 1.165) is 53.9 Å². The molecule has 1 aliphatic rings. The van der Waals surface area contributed by atoms with Gasteiger partial charge in [-0.1, -0.05) is 48.5 Å². The number of fused-ring (bicyclic) bond motifs is 1. The number of hydrogen-bond acceptors (Lipinski definition) is 4. The third-order valence-electron chi connectivity index (χ3n) is 5.33. The largest absolute Gasteiger partial charge is 0.378 e. The van der Waals surface area contributed by atoms with Gasteiger partial charge in [0, 0.05) is 29.7 Å². The highest BCUT2D eigenvalue weighted by molar-refractivity contribution is 5.95. The van der Waals surface area contributed by atoms with Gasteiger partial charge in [-0.2, -0.15) is 4.98 Å². The smallest absolute Gasteiger partial charge is 0.345 e. The molecular formula is C24H21N3O2. The summed E-state index contributed by atoms with van der Waals surface area (Å²) in [5.41, 5.74) is 5.53. The van der Waals surface area contributed by atoms with Gasteiger partial charge in [-0.05, 0) is 35.4 Å². The monoisotopic (exact) mass is 383 g/mol. The topological polar surface area (TPSA) is 58.2 Å². The van der Waals surface area contributed by atoms with Crippen molar-refractivity contribution in [3.05, 3.63) is 83.3 Å². The molecule has 3 aromatic carbocycles. The second-order valence-corrected chi connectivity index (χ2v) is 7.17. The SMILES string of the molecule is O=c1nc(-c2ccccc2)c2cc(-c3cccc(N4CCOCC4)c3)ccc2[nH]1. The summed E-state index contributed by atoms with van der Waals surface area (Å²) < 4.78 is 5.47. The zero-order chi connectivity index (χ0) is 19.6. The summed E-state index contributed by atoms with van der Waals surface area (Å²) in [6.45, 7) is 3.34.